The lowest BCUT2D eigenvalue weighted by Crippen LogP contribution is -2.39. The topological polar surface area (TPSA) is 75.4 Å². The van der Waals surface area contributed by atoms with E-state index >= 15 is 0 Å². The van der Waals surface area contributed by atoms with Crippen molar-refractivity contribution in [3.8, 4) is 0 Å². The summed E-state index contributed by atoms with van der Waals surface area (Å²) in [4.78, 5) is 25.5. The number of carboxylic acids is 1. The number of hydrogen-bond donors (Lipinski definition) is 1. The minimum absolute atomic E-state index is 0.115. The Kier molecular flexibility index (Phi) is 4.57. The second-order valence-electron chi connectivity index (χ2n) is 6.02. The normalized spacial score (nSPS) is 17.8. The van der Waals surface area contributed by atoms with Crippen molar-refractivity contribution in [3.05, 3.63) is 52.3 Å². The van der Waals surface area contributed by atoms with Crippen molar-refractivity contribution in [1.82, 2.24) is 14.7 Å². The fraction of sp³-hybridized carbons (Fsp3) is 0.353. The van der Waals surface area contributed by atoms with E-state index in [4.69, 9.17) is 16.7 Å². The molecule has 126 valence electrons. The van der Waals surface area contributed by atoms with Crippen LogP contribution in [0.3, 0.4) is 0 Å². The van der Waals surface area contributed by atoms with Crippen LogP contribution in [0.2, 0.25) is 5.02 Å². The number of aromatic carboxylic acids is 1. The smallest absolute Gasteiger partial charge is 0.335 e. The van der Waals surface area contributed by atoms with Crippen molar-refractivity contribution in [2.45, 2.75) is 18.8 Å². The molecule has 1 aliphatic rings. The van der Waals surface area contributed by atoms with Crippen LogP contribution >= 0.6 is 11.6 Å². The van der Waals surface area contributed by atoms with Gasteiger partial charge in [0.2, 0.25) is 0 Å². The maximum absolute atomic E-state index is 12.7. The van der Waals surface area contributed by atoms with E-state index in [1.807, 2.05) is 6.07 Å². The van der Waals surface area contributed by atoms with E-state index in [9.17, 15) is 9.59 Å². The fourth-order valence-electron chi connectivity index (χ4n) is 3.11. The SMILES string of the molecule is Cn1cc(Cl)c(C(=O)N2CCC[C@H](c3cccc(C(=O)O)c3)C2)n1. The molecule has 1 aromatic carbocycles. The van der Waals surface area contributed by atoms with Gasteiger partial charge in [-0.05, 0) is 30.5 Å². The number of carbonyl (C=O) groups is 2. The number of aryl methyl sites for hydroxylation is 1. The van der Waals surface area contributed by atoms with Crippen LogP contribution in [-0.4, -0.2) is 44.8 Å². The minimum Gasteiger partial charge on any atom is -0.478 e. The number of nitrogens with zero attached hydrogens (tertiary/aromatic N) is 3. The molecule has 7 heteroatoms. The molecule has 1 saturated heterocycles. The van der Waals surface area contributed by atoms with E-state index in [-0.39, 0.29) is 23.1 Å². The lowest BCUT2D eigenvalue weighted by atomic mass is 9.89. The zero-order valence-electron chi connectivity index (χ0n) is 13.3. The third-order valence-electron chi connectivity index (χ3n) is 4.30. The second kappa shape index (κ2) is 6.65. The first-order chi connectivity index (χ1) is 11.5. The average Bonchev–Trinajstić information content (AvgIpc) is 2.92. The summed E-state index contributed by atoms with van der Waals surface area (Å²) in [7, 11) is 1.72. The Morgan fingerprint density at radius 3 is 2.83 bits per heavy atom. The molecule has 0 aliphatic carbocycles. The van der Waals surface area contributed by atoms with E-state index in [0.717, 1.165) is 18.4 Å². The zero-order valence-corrected chi connectivity index (χ0v) is 14.0. The number of rotatable bonds is 3. The van der Waals surface area contributed by atoms with Crippen LogP contribution in [0, 0.1) is 0 Å². The first-order valence-corrected chi connectivity index (χ1v) is 8.15. The van der Waals surface area contributed by atoms with Crippen LogP contribution in [-0.2, 0) is 7.05 Å². The third kappa shape index (κ3) is 3.28. The van der Waals surface area contributed by atoms with Crippen molar-refractivity contribution in [2.75, 3.05) is 13.1 Å². The molecule has 1 fully saturated rings. The van der Waals surface area contributed by atoms with Gasteiger partial charge in [-0.15, -0.1) is 0 Å². The lowest BCUT2D eigenvalue weighted by Gasteiger charge is -2.32. The van der Waals surface area contributed by atoms with Crippen LogP contribution in [0.15, 0.2) is 30.5 Å². The monoisotopic (exact) mass is 347 g/mol. The van der Waals surface area contributed by atoms with Gasteiger partial charge < -0.3 is 10.0 Å². The van der Waals surface area contributed by atoms with Crippen molar-refractivity contribution in [1.29, 1.82) is 0 Å². The average molecular weight is 348 g/mol. The van der Waals surface area contributed by atoms with E-state index in [1.165, 1.54) is 4.68 Å². The van der Waals surface area contributed by atoms with Crippen LogP contribution in [0.1, 0.15) is 45.2 Å². The Balaban J connectivity index is 1.79. The van der Waals surface area contributed by atoms with Gasteiger partial charge in [0.05, 0.1) is 10.6 Å². The summed E-state index contributed by atoms with van der Waals surface area (Å²) in [6.07, 6.45) is 3.38. The predicted molar refractivity (Wildman–Crippen MR) is 89.5 cm³/mol. The quantitative estimate of drug-likeness (QED) is 0.926. The van der Waals surface area contributed by atoms with Gasteiger partial charge in [-0.25, -0.2) is 4.79 Å². The molecular formula is C17H18ClN3O3. The molecule has 0 spiro atoms. The van der Waals surface area contributed by atoms with Crippen molar-refractivity contribution in [3.63, 3.8) is 0 Å². The molecule has 6 nitrogen and oxygen atoms in total. The molecule has 3 rings (SSSR count). The summed E-state index contributed by atoms with van der Waals surface area (Å²) in [5.74, 6) is -1.01. The first-order valence-electron chi connectivity index (χ1n) is 7.77. The molecule has 2 heterocycles. The Morgan fingerprint density at radius 2 is 2.17 bits per heavy atom. The highest BCUT2D eigenvalue weighted by Crippen LogP contribution is 2.29. The predicted octanol–water partition coefficient (Wildman–Crippen LogP) is 2.79. The molecule has 1 aromatic heterocycles. The van der Waals surface area contributed by atoms with E-state index < -0.39 is 5.97 Å². The van der Waals surface area contributed by atoms with Gasteiger partial charge in [0.1, 0.15) is 0 Å². The second-order valence-corrected chi connectivity index (χ2v) is 6.43. The van der Waals surface area contributed by atoms with E-state index in [0.29, 0.717) is 18.1 Å². The van der Waals surface area contributed by atoms with Crippen LogP contribution in [0.5, 0.6) is 0 Å². The Labute approximate surface area is 144 Å². The third-order valence-corrected chi connectivity index (χ3v) is 4.58. The molecule has 1 N–H and O–H groups in total. The number of carbonyl (C=O) groups excluding carboxylic acids is 1. The zero-order chi connectivity index (χ0) is 17.3. The van der Waals surface area contributed by atoms with Gasteiger partial charge in [-0.1, -0.05) is 23.7 Å². The maximum atomic E-state index is 12.7. The number of likely N-dealkylation sites (tertiary alicyclic amines) is 1. The van der Waals surface area contributed by atoms with E-state index in [2.05, 4.69) is 5.10 Å². The van der Waals surface area contributed by atoms with Crippen molar-refractivity contribution >= 4 is 23.5 Å². The summed E-state index contributed by atoms with van der Waals surface area (Å²) < 4.78 is 1.52. The number of halogens is 1. The summed E-state index contributed by atoms with van der Waals surface area (Å²) in [5.41, 5.74) is 1.47. The number of hydrogen-bond acceptors (Lipinski definition) is 3. The summed E-state index contributed by atoms with van der Waals surface area (Å²) >= 11 is 6.07. The van der Waals surface area contributed by atoms with Crippen LogP contribution in [0.4, 0.5) is 0 Å². The summed E-state index contributed by atoms with van der Waals surface area (Å²) in [6.45, 7) is 1.19. The van der Waals surface area contributed by atoms with Gasteiger partial charge in [0, 0.05) is 32.3 Å². The molecule has 24 heavy (non-hydrogen) atoms. The number of aromatic nitrogens is 2. The lowest BCUT2D eigenvalue weighted by molar-refractivity contribution is 0.0685. The first kappa shape index (κ1) is 16.5. The fourth-order valence-corrected chi connectivity index (χ4v) is 3.37. The molecule has 0 radical (unpaired) electrons. The molecule has 0 saturated carbocycles. The molecule has 1 atom stereocenters. The number of piperidine rings is 1. The van der Waals surface area contributed by atoms with Crippen molar-refractivity contribution < 1.29 is 14.7 Å². The summed E-state index contributed by atoms with van der Waals surface area (Å²) in [5, 5.41) is 13.6. The highest BCUT2D eigenvalue weighted by molar-refractivity contribution is 6.33. The van der Waals surface area contributed by atoms with Gasteiger partial charge in [0.25, 0.3) is 5.91 Å². The number of benzene rings is 1. The Bertz CT molecular complexity index is 787. The van der Waals surface area contributed by atoms with E-state index in [1.54, 1.807) is 36.3 Å². The standard InChI is InChI=1S/C17H18ClN3O3/c1-20-10-14(18)15(19-20)16(22)21-7-3-6-13(9-21)11-4-2-5-12(8-11)17(23)24/h2,4-5,8,10,13H,3,6-7,9H2,1H3,(H,23,24)/t13-/m0/s1. The minimum atomic E-state index is -0.944. The number of carboxylic acid groups (broad SMARTS) is 1. The summed E-state index contributed by atoms with van der Waals surface area (Å²) in [6, 6.07) is 6.92. The number of amides is 1. The highest BCUT2D eigenvalue weighted by atomic mass is 35.5. The van der Waals surface area contributed by atoms with Crippen molar-refractivity contribution in [2.24, 2.45) is 7.05 Å². The molecule has 0 bridgehead atoms. The van der Waals surface area contributed by atoms with Gasteiger partial charge >= 0.3 is 5.97 Å². The largest absolute Gasteiger partial charge is 0.478 e. The molecule has 1 amide bonds. The molecular weight excluding hydrogens is 330 g/mol. The molecule has 2 aromatic rings. The highest BCUT2D eigenvalue weighted by Gasteiger charge is 2.28. The molecule has 0 unspecified atom stereocenters. The van der Waals surface area contributed by atoms with Crippen LogP contribution < -0.4 is 0 Å². The molecule has 1 aliphatic heterocycles. The van der Waals surface area contributed by atoms with Gasteiger partial charge in [0.15, 0.2) is 5.69 Å². The van der Waals surface area contributed by atoms with Gasteiger partial charge in [-0.3, -0.25) is 9.48 Å². The Hall–Kier alpha value is -2.34. The van der Waals surface area contributed by atoms with Gasteiger partial charge in [-0.2, -0.15) is 5.10 Å². The Morgan fingerprint density at radius 1 is 1.38 bits per heavy atom. The maximum Gasteiger partial charge on any atom is 0.335 e. The van der Waals surface area contributed by atoms with Crippen LogP contribution in [0.25, 0.3) is 0 Å².